The van der Waals surface area contributed by atoms with Crippen molar-refractivity contribution in [1.82, 2.24) is 10.2 Å². The molecule has 0 aromatic rings. The summed E-state index contributed by atoms with van der Waals surface area (Å²) in [6.07, 6.45) is 1.38. The van der Waals surface area contributed by atoms with Crippen molar-refractivity contribution in [1.29, 1.82) is 0 Å². The van der Waals surface area contributed by atoms with E-state index in [0.29, 0.717) is 32.0 Å². The molecule has 0 radical (unpaired) electrons. The summed E-state index contributed by atoms with van der Waals surface area (Å²) in [4.78, 5) is 25.3. The van der Waals surface area contributed by atoms with Crippen LogP contribution in [0.5, 0.6) is 0 Å². The van der Waals surface area contributed by atoms with Crippen LogP contribution in [0.25, 0.3) is 0 Å². The van der Waals surface area contributed by atoms with Crippen molar-refractivity contribution in [3.8, 4) is 0 Å². The fourth-order valence-corrected chi connectivity index (χ4v) is 2.11. The van der Waals surface area contributed by atoms with Gasteiger partial charge in [-0.25, -0.2) is 0 Å². The van der Waals surface area contributed by atoms with Gasteiger partial charge in [-0.3, -0.25) is 9.59 Å². The van der Waals surface area contributed by atoms with Gasteiger partial charge in [0, 0.05) is 19.5 Å². The zero-order valence-electron chi connectivity index (χ0n) is 12.7. The molecular weight excluding hydrogens is 242 g/mol. The molecule has 5 nitrogen and oxygen atoms in total. The van der Waals surface area contributed by atoms with Crippen molar-refractivity contribution in [2.75, 3.05) is 26.2 Å². The molecule has 19 heavy (non-hydrogen) atoms. The Bertz CT molecular complexity index is 280. The third kappa shape index (κ3) is 7.82. The first-order valence-corrected chi connectivity index (χ1v) is 7.19. The van der Waals surface area contributed by atoms with Gasteiger partial charge in [-0.1, -0.05) is 13.8 Å². The highest BCUT2D eigenvalue weighted by Crippen LogP contribution is 2.15. The van der Waals surface area contributed by atoms with Gasteiger partial charge in [-0.05, 0) is 38.6 Å². The van der Waals surface area contributed by atoms with E-state index in [9.17, 15) is 9.59 Å². The lowest BCUT2D eigenvalue weighted by atomic mass is 9.94. The Morgan fingerprint density at radius 1 is 1.26 bits per heavy atom. The Morgan fingerprint density at radius 2 is 1.89 bits per heavy atom. The summed E-state index contributed by atoms with van der Waals surface area (Å²) in [6, 6.07) is 0. The Hall–Kier alpha value is -1.10. The number of nitrogens with one attached hydrogen (secondary N) is 1. The molecule has 0 bridgehead atoms. The van der Waals surface area contributed by atoms with Crippen LogP contribution in [0.3, 0.4) is 0 Å². The lowest BCUT2D eigenvalue weighted by molar-refractivity contribution is -0.136. The lowest BCUT2D eigenvalue weighted by Crippen LogP contribution is -2.41. The summed E-state index contributed by atoms with van der Waals surface area (Å²) >= 11 is 0. The maximum Gasteiger partial charge on any atom is 0.239 e. The van der Waals surface area contributed by atoms with Crippen LogP contribution in [-0.4, -0.2) is 42.9 Å². The summed E-state index contributed by atoms with van der Waals surface area (Å²) in [7, 11) is 0. The summed E-state index contributed by atoms with van der Waals surface area (Å²) < 4.78 is 0. The van der Waals surface area contributed by atoms with Crippen molar-refractivity contribution in [3.05, 3.63) is 0 Å². The average molecular weight is 271 g/mol. The maximum absolute atomic E-state index is 12.2. The number of hydrogen-bond acceptors (Lipinski definition) is 3. The van der Waals surface area contributed by atoms with E-state index in [1.807, 2.05) is 13.8 Å². The average Bonchev–Trinajstić information content (AvgIpc) is 2.34. The molecule has 0 aromatic carbocycles. The maximum atomic E-state index is 12.2. The standard InChI is InChI=1S/C14H29N3O2/c1-5-16-13(18)10-17(6-2)14(19)8-12(9-15)7-11(3)4/h11-12H,5-10,15H2,1-4H3,(H,16,18)/t12-/m0/s1. The number of nitrogens with two attached hydrogens (primary N) is 1. The Balaban J connectivity index is 4.36. The van der Waals surface area contributed by atoms with E-state index in [0.717, 1.165) is 6.42 Å². The van der Waals surface area contributed by atoms with Gasteiger partial charge in [0.2, 0.25) is 11.8 Å². The normalized spacial score (nSPS) is 12.3. The van der Waals surface area contributed by atoms with Gasteiger partial charge >= 0.3 is 0 Å². The SMILES string of the molecule is CCNC(=O)CN(CC)C(=O)C[C@@H](CN)CC(C)C. The zero-order valence-corrected chi connectivity index (χ0v) is 12.7. The smallest absolute Gasteiger partial charge is 0.239 e. The lowest BCUT2D eigenvalue weighted by Gasteiger charge is -2.23. The van der Waals surface area contributed by atoms with Crippen LogP contribution in [0.15, 0.2) is 0 Å². The van der Waals surface area contributed by atoms with Gasteiger partial charge in [0.05, 0.1) is 6.54 Å². The van der Waals surface area contributed by atoms with Crippen LogP contribution in [0.4, 0.5) is 0 Å². The second-order valence-electron chi connectivity index (χ2n) is 5.30. The molecule has 0 fully saturated rings. The van der Waals surface area contributed by atoms with Crippen LogP contribution in [-0.2, 0) is 9.59 Å². The van der Waals surface area contributed by atoms with Gasteiger partial charge in [-0.2, -0.15) is 0 Å². The predicted molar refractivity (Wildman–Crippen MR) is 77.6 cm³/mol. The first kappa shape index (κ1) is 17.9. The summed E-state index contributed by atoms with van der Waals surface area (Å²) in [5.74, 6) is 0.645. The van der Waals surface area contributed by atoms with E-state index < -0.39 is 0 Å². The second kappa shape index (κ2) is 9.78. The van der Waals surface area contributed by atoms with E-state index in [4.69, 9.17) is 5.73 Å². The van der Waals surface area contributed by atoms with Crippen molar-refractivity contribution < 1.29 is 9.59 Å². The molecule has 5 heteroatoms. The molecule has 0 aliphatic rings. The number of likely N-dealkylation sites (N-methyl/N-ethyl adjacent to an activating group) is 2. The molecule has 0 aliphatic heterocycles. The largest absolute Gasteiger partial charge is 0.355 e. The molecule has 0 rings (SSSR count). The van der Waals surface area contributed by atoms with E-state index in [2.05, 4.69) is 19.2 Å². The van der Waals surface area contributed by atoms with Crippen molar-refractivity contribution in [2.45, 2.75) is 40.5 Å². The second-order valence-corrected chi connectivity index (χ2v) is 5.30. The van der Waals surface area contributed by atoms with Crippen LogP contribution >= 0.6 is 0 Å². The topological polar surface area (TPSA) is 75.4 Å². The molecule has 0 saturated carbocycles. The third-order valence-electron chi connectivity index (χ3n) is 3.04. The summed E-state index contributed by atoms with van der Waals surface area (Å²) in [5.41, 5.74) is 5.71. The number of hydrogen-bond donors (Lipinski definition) is 2. The van der Waals surface area contributed by atoms with Crippen molar-refractivity contribution in [3.63, 3.8) is 0 Å². The fourth-order valence-electron chi connectivity index (χ4n) is 2.11. The molecule has 3 N–H and O–H groups in total. The van der Waals surface area contributed by atoms with Gasteiger partial charge in [-0.15, -0.1) is 0 Å². The first-order valence-electron chi connectivity index (χ1n) is 7.19. The molecule has 0 spiro atoms. The molecular formula is C14H29N3O2. The minimum atomic E-state index is -0.106. The van der Waals surface area contributed by atoms with Crippen LogP contribution in [0.2, 0.25) is 0 Å². The molecule has 0 heterocycles. The van der Waals surface area contributed by atoms with Gasteiger partial charge in [0.25, 0.3) is 0 Å². The number of rotatable bonds is 9. The molecule has 1 atom stereocenters. The molecule has 112 valence electrons. The molecule has 0 saturated heterocycles. The Labute approximate surface area is 116 Å². The zero-order chi connectivity index (χ0) is 14.8. The van der Waals surface area contributed by atoms with Gasteiger partial charge in [0.15, 0.2) is 0 Å². The first-order chi connectivity index (χ1) is 8.94. The number of amides is 2. The molecule has 0 aliphatic carbocycles. The fraction of sp³-hybridized carbons (Fsp3) is 0.857. The highest BCUT2D eigenvalue weighted by molar-refractivity contribution is 5.84. The van der Waals surface area contributed by atoms with Crippen LogP contribution in [0.1, 0.15) is 40.5 Å². The summed E-state index contributed by atoms with van der Waals surface area (Å²) in [6.45, 7) is 9.79. The summed E-state index contributed by atoms with van der Waals surface area (Å²) in [5, 5.41) is 2.71. The molecule has 2 amide bonds. The van der Waals surface area contributed by atoms with Crippen molar-refractivity contribution in [2.24, 2.45) is 17.6 Å². The number of carbonyl (C=O) groups is 2. The molecule has 0 unspecified atom stereocenters. The van der Waals surface area contributed by atoms with E-state index in [1.54, 1.807) is 4.90 Å². The third-order valence-corrected chi connectivity index (χ3v) is 3.04. The highest BCUT2D eigenvalue weighted by Gasteiger charge is 2.19. The van der Waals surface area contributed by atoms with Crippen molar-refractivity contribution >= 4 is 11.8 Å². The van der Waals surface area contributed by atoms with E-state index in [1.165, 1.54) is 0 Å². The van der Waals surface area contributed by atoms with E-state index >= 15 is 0 Å². The Morgan fingerprint density at radius 3 is 2.32 bits per heavy atom. The quantitative estimate of drug-likeness (QED) is 0.656. The predicted octanol–water partition coefficient (Wildman–Crippen LogP) is 0.982. The van der Waals surface area contributed by atoms with Gasteiger partial charge < -0.3 is 16.0 Å². The Kier molecular flexibility index (Phi) is 9.21. The van der Waals surface area contributed by atoms with Gasteiger partial charge in [0.1, 0.15) is 0 Å². The van der Waals surface area contributed by atoms with Crippen LogP contribution in [0, 0.1) is 11.8 Å². The minimum absolute atomic E-state index is 0.0184. The van der Waals surface area contributed by atoms with E-state index in [-0.39, 0.29) is 24.3 Å². The number of carbonyl (C=O) groups excluding carboxylic acids is 2. The molecule has 0 aromatic heterocycles. The highest BCUT2D eigenvalue weighted by atomic mass is 16.2. The number of nitrogens with zero attached hydrogens (tertiary/aromatic N) is 1. The van der Waals surface area contributed by atoms with Crippen LogP contribution < -0.4 is 11.1 Å². The minimum Gasteiger partial charge on any atom is -0.355 e. The monoisotopic (exact) mass is 271 g/mol.